The van der Waals surface area contributed by atoms with Crippen molar-refractivity contribution in [3.05, 3.63) is 92.9 Å². The fourth-order valence-electron chi connectivity index (χ4n) is 5.31. The fourth-order valence-corrected chi connectivity index (χ4v) is 5.57. The topological polar surface area (TPSA) is 81.5 Å². The zero-order chi connectivity index (χ0) is 25.2. The second kappa shape index (κ2) is 10.3. The highest BCUT2D eigenvalue weighted by Crippen LogP contribution is 2.44. The monoisotopic (exact) mass is 499 g/mol. The molecule has 0 atom stereocenters. The van der Waals surface area contributed by atoms with E-state index in [4.69, 9.17) is 10.3 Å². The lowest BCUT2D eigenvalue weighted by molar-refractivity contribution is 0.0728. The van der Waals surface area contributed by atoms with Crippen LogP contribution in [0.5, 0.6) is 0 Å². The summed E-state index contributed by atoms with van der Waals surface area (Å²) in [5.41, 5.74) is 17.4. The number of hydrogen-bond acceptors (Lipinski definition) is 5. The lowest BCUT2D eigenvalue weighted by atomic mass is 9.98. The van der Waals surface area contributed by atoms with E-state index >= 15 is 0 Å². The molecule has 3 aromatic carbocycles. The van der Waals surface area contributed by atoms with Crippen molar-refractivity contribution in [3.8, 4) is 11.1 Å². The molecule has 0 radical (unpaired) electrons. The largest absolute Gasteiger partial charge is 0.448 e. The number of azide groups is 1. The number of carbonyl (C=O) groups is 1. The van der Waals surface area contributed by atoms with Gasteiger partial charge in [-0.2, -0.15) is 0 Å². The maximum atomic E-state index is 12.9. The van der Waals surface area contributed by atoms with Crippen LogP contribution in [0.25, 0.3) is 21.6 Å². The lowest BCUT2D eigenvalue weighted by Crippen LogP contribution is -2.48. The molecule has 2 aliphatic rings. The van der Waals surface area contributed by atoms with Gasteiger partial charge in [-0.15, -0.1) is 12.6 Å². The summed E-state index contributed by atoms with van der Waals surface area (Å²) in [6, 6.07) is 18.8. The van der Waals surface area contributed by atoms with Crippen molar-refractivity contribution in [3.63, 3.8) is 0 Å². The summed E-state index contributed by atoms with van der Waals surface area (Å²) in [4.78, 5) is 20.8. The van der Waals surface area contributed by atoms with Gasteiger partial charge in [-0.1, -0.05) is 53.6 Å². The molecule has 1 fully saturated rings. The van der Waals surface area contributed by atoms with Crippen molar-refractivity contribution in [2.75, 3.05) is 32.8 Å². The Balaban J connectivity index is 1.19. The molecular weight excluding hydrogens is 470 g/mol. The molecule has 0 unspecified atom stereocenters. The highest BCUT2D eigenvalue weighted by molar-refractivity contribution is 7.80. The first-order valence-corrected chi connectivity index (χ1v) is 12.6. The lowest BCUT2D eigenvalue weighted by Gasteiger charge is -2.34. The molecule has 0 bridgehead atoms. The van der Waals surface area contributed by atoms with Crippen molar-refractivity contribution >= 4 is 24.4 Å². The van der Waals surface area contributed by atoms with E-state index in [1.807, 2.05) is 32.0 Å². The minimum atomic E-state index is -0.258. The average molecular weight is 500 g/mol. The summed E-state index contributed by atoms with van der Waals surface area (Å²) in [6.07, 6.45) is -0.258. The molecule has 1 heterocycles. The van der Waals surface area contributed by atoms with Gasteiger partial charge in [-0.25, -0.2) is 4.79 Å². The second-order valence-corrected chi connectivity index (χ2v) is 9.89. The van der Waals surface area contributed by atoms with Gasteiger partial charge in [0.15, 0.2) is 0 Å². The molecule has 0 saturated carbocycles. The van der Waals surface area contributed by atoms with Crippen LogP contribution in [0, 0.1) is 13.8 Å². The Bertz CT molecular complexity index is 1310. The number of thiol groups is 1. The number of fused-ring (bicyclic) bond motifs is 3. The average Bonchev–Trinajstić information content (AvgIpc) is 3.22. The highest BCUT2D eigenvalue weighted by atomic mass is 32.1. The molecule has 3 aromatic rings. The van der Waals surface area contributed by atoms with Crippen LogP contribution in [0.3, 0.4) is 0 Å². The van der Waals surface area contributed by atoms with Crippen molar-refractivity contribution in [1.29, 1.82) is 0 Å². The summed E-state index contributed by atoms with van der Waals surface area (Å²) in [5.74, 6) is 0.0628. The summed E-state index contributed by atoms with van der Waals surface area (Å²) < 4.78 is 5.84. The third-order valence-electron chi connectivity index (χ3n) is 7.39. The van der Waals surface area contributed by atoms with Gasteiger partial charge in [-0.05, 0) is 64.4 Å². The van der Waals surface area contributed by atoms with Gasteiger partial charge in [0, 0.05) is 54.1 Å². The van der Waals surface area contributed by atoms with Gasteiger partial charge < -0.3 is 9.64 Å². The van der Waals surface area contributed by atoms with Gasteiger partial charge in [0.25, 0.3) is 0 Å². The Labute approximate surface area is 216 Å². The van der Waals surface area contributed by atoms with Crippen LogP contribution in [0.1, 0.15) is 33.7 Å². The zero-order valence-electron chi connectivity index (χ0n) is 20.5. The van der Waals surface area contributed by atoms with Gasteiger partial charge in [0.2, 0.25) is 0 Å². The summed E-state index contributed by atoms with van der Waals surface area (Å²) in [7, 11) is 0. The highest BCUT2D eigenvalue weighted by Gasteiger charge is 2.30. The van der Waals surface area contributed by atoms with Crippen molar-refractivity contribution < 1.29 is 9.53 Å². The Morgan fingerprint density at radius 2 is 1.64 bits per heavy atom. The summed E-state index contributed by atoms with van der Waals surface area (Å²) in [6.45, 7) is 7.65. The van der Waals surface area contributed by atoms with E-state index in [1.54, 1.807) is 4.90 Å². The van der Waals surface area contributed by atoms with Gasteiger partial charge in [0.05, 0.1) is 0 Å². The predicted octanol–water partition coefficient (Wildman–Crippen LogP) is 6.60. The van der Waals surface area contributed by atoms with Gasteiger partial charge in [-0.3, -0.25) is 4.90 Å². The number of rotatable bonds is 5. The van der Waals surface area contributed by atoms with E-state index in [-0.39, 0.29) is 12.0 Å². The van der Waals surface area contributed by atoms with Crippen molar-refractivity contribution in [2.45, 2.75) is 31.2 Å². The summed E-state index contributed by atoms with van der Waals surface area (Å²) in [5, 5.41) is 3.88. The molecular formula is C28H29N5O2S. The van der Waals surface area contributed by atoms with E-state index in [0.29, 0.717) is 31.9 Å². The van der Waals surface area contributed by atoms with Gasteiger partial charge >= 0.3 is 6.09 Å². The minimum Gasteiger partial charge on any atom is -0.448 e. The second-order valence-electron chi connectivity index (χ2n) is 9.41. The summed E-state index contributed by atoms with van der Waals surface area (Å²) >= 11 is 4.56. The van der Waals surface area contributed by atoms with Gasteiger partial charge in [0.1, 0.15) is 6.61 Å². The first kappa shape index (κ1) is 24.3. The smallest absolute Gasteiger partial charge is 0.409 e. The third kappa shape index (κ3) is 4.55. The molecule has 0 N–H and O–H groups in total. The number of benzene rings is 3. The maximum Gasteiger partial charge on any atom is 0.409 e. The van der Waals surface area contributed by atoms with E-state index in [2.05, 4.69) is 64.0 Å². The number of amides is 1. The Kier molecular flexibility index (Phi) is 6.92. The Morgan fingerprint density at radius 1 is 1.03 bits per heavy atom. The Morgan fingerprint density at radius 3 is 2.25 bits per heavy atom. The molecule has 1 amide bonds. The van der Waals surface area contributed by atoms with E-state index in [9.17, 15) is 4.79 Å². The van der Waals surface area contributed by atoms with Crippen molar-refractivity contribution in [1.82, 2.24) is 9.80 Å². The molecule has 0 spiro atoms. The molecule has 1 aliphatic carbocycles. The molecule has 8 heteroatoms. The fraction of sp³-hybridized carbons (Fsp3) is 0.321. The van der Waals surface area contributed by atoms with Crippen LogP contribution < -0.4 is 0 Å². The first-order chi connectivity index (χ1) is 17.5. The van der Waals surface area contributed by atoms with Crippen LogP contribution >= 0.6 is 12.6 Å². The zero-order valence-corrected chi connectivity index (χ0v) is 21.4. The molecule has 184 valence electrons. The van der Waals surface area contributed by atoms with Crippen LogP contribution in [0.2, 0.25) is 0 Å². The molecule has 1 saturated heterocycles. The van der Waals surface area contributed by atoms with E-state index < -0.39 is 0 Å². The van der Waals surface area contributed by atoms with Crippen molar-refractivity contribution in [2.24, 2.45) is 5.11 Å². The number of carbonyl (C=O) groups excluding carboxylic acids is 1. The van der Waals surface area contributed by atoms with Crippen LogP contribution in [-0.4, -0.2) is 48.7 Å². The predicted molar refractivity (Wildman–Crippen MR) is 144 cm³/mol. The molecule has 1 aliphatic heterocycles. The molecule has 5 rings (SSSR count). The number of nitrogens with zero attached hydrogens (tertiary/aromatic N) is 5. The first-order valence-electron chi connectivity index (χ1n) is 12.2. The molecule has 0 aromatic heterocycles. The number of ether oxygens (including phenoxy) is 1. The maximum absolute atomic E-state index is 12.9. The standard InChI is InChI=1S/C28H29N5O2S/c1-18-20(15-26(36)19(2)27(18)30-31-29)16-32-11-13-33(14-12-32)28(34)35-17-25-23-9-5-3-7-21(23)22-8-4-6-10-24(22)25/h3-10,15,25,36H,11-14,16-17H2,1-2H3. The molecule has 7 nitrogen and oxygen atoms in total. The Hall–Kier alpha value is -3.45. The number of hydrogen-bond donors (Lipinski definition) is 1. The minimum absolute atomic E-state index is 0.0628. The van der Waals surface area contributed by atoms with Crippen LogP contribution in [0.15, 0.2) is 64.6 Å². The quantitative estimate of drug-likeness (QED) is 0.186. The molecule has 36 heavy (non-hydrogen) atoms. The van der Waals surface area contributed by atoms with Crippen LogP contribution in [0.4, 0.5) is 10.5 Å². The van der Waals surface area contributed by atoms with Crippen LogP contribution in [-0.2, 0) is 11.3 Å². The normalized spacial score (nSPS) is 15.2. The van der Waals surface area contributed by atoms with E-state index in [0.717, 1.165) is 34.7 Å². The number of piperazine rings is 1. The van der Waals surface area contributed by atoms with E-state index in [1.165, 1.54) is 22.3 Å². The third-order valence-corrected chi connectivity index (χ3v) is 7.86. The SMILES string of the molecule is Cc1c(S)cc(CN2CCN(C(=O)OCC3c4ccccc4-c4ccccc43)CC2)c(C)c1N=[N+]=[N-].